The van der Waals surface area contributed by atoms with Gasteiger partial charge in [-0.2, -0.15) is 0 Å². The van der Waals surface area contributed by atoms with Crippen molar-refractivity contribution in [2.24, 2.45) is 5.92 Å². The van der Waals surface area contributed by atoms with Gasteiger partial charge >= 0.3 is 5.97 Å². The predicted molar refractivity (Wildman–Crippen MR) is 52.4 cm³/mol. The lowest BCUT2D eigenvalue weighted by Crippen LogP contribution is -2.24. The molecule has 2 N–H and O–H groups in total. The maximum Gasteiger partial charge on any atom is 0.307 e. The number of carboxylic acids is 1. The maximum atomic E-state index is 13.4. The van der Waals surface area contributed by atoms with Gasteiger partial charge in [0.25, 0.3) is 0 Å². The molecule has 88 valence electrons. The minimum atomic E-state index is -1.20. The van der Waals surface area contributed by atoms with Gasteiger partial charge in [0.1, 0.15) is 0 Å². The Kier molecular flexibility index (Phi) is 1.69. The average molecular weight is 239 g/mol. The summed E-state index contributed by atoms with van der Waals surface area (Å²) < 4.78 is 26.4. The van der Waals surface area contributed by atoms with Crippen molar-refractivity contribution in [2.75, 3.05) is 5.32 Å². The van der Waals surface area contributed by atoms with Gasteiger partial charge in [-0.05, 0) is 18.1 Å². The number of amides is 1. The number of hydrogen-bond acceptors (Lipinski definition) is 2. The molecule has 1 aromatic rings. The number of halogens is 2. The Hall–Kier alpha value is -1.98. The fourth-order valence-electron chi connectivity index (χ4n) is 2.50. The van der Waals surface area contributed by atoms with Crippen LogP contribution < -0.4 is 5.32 Å². The number of nitrogens with one attached hydrogen (secondary N) is 1. The summed E-state index contributed by atoms with van der Waals surface area (Å²) in [5.41, 5.74) is -1.18. The number of benzene rings is 1. The van der Waals surface area contributed by atoms with Crippen LogP contribution in [0.4, 0.5) is 14.5 Å². The van der Waals surface area contributed by atoms with Crippen LogP contribution in [-0.4, -0.2) is 17.0 Å². The van der Waals surface area contributed by atoms with Crippen molar-refractivity contribution in [2.45, 2.75) is 11.8 Å². The number of rotatable bonds is 1. The van der Waals surface area contributed by atoms with Crippen LogP contribution in [0.25, 0.3) is 0 Å². The lowest BCUT2D eigenvalue weighted by Gasteiger charge is -2.06. The van der Waals surface area contributed by atoms with Crippen LogP contribution in [0.3, 0.4) is 0 Å². The summed E-state index contributed by atoms with van der Waals surface area (Å²) >= 11 is 0. The van der Waals surface area contributed by atoms with Crippen LogP contribution in [-0.2, 0) is 15.0 Å². The average Bonchev–Trinajstić information content (AvgIpc) is 2.94. The molecule has 0 saturated heterocycles. The van der Waals surface area contributed by atoms with E-state index in [-0.39, 0.29) is 17.7 Å². The minimum Gasteiger partial charge on any atom is -0.481 e. The fraction of sp³-hybridized carbons (Fsp3) is 0.273. The van der Waals surface area contributed by atoms with E-state index in [1.165, 1.54) is 6.07 Å². The molecule has 3 rings (SSSR count). The molecule has 1 saturated carbocycles. The van der Waals surface area contributed by atoms with E-state index >= 15 is 0 Å². The summed E-state index contributed by atoms with van der Waals surface area (Å²) in [4.78, 5) is 22.6. The van der Waals surface area contributed by atoms with E-state index in [9.17, 15) is 18.4 Å². The third kappa shape index (κ3) is 1.05. The topological polar surface area (TPSA) is 66.4 Å². The number of carbonyl (C=O) groups is 2. The Morgan fingerprint density at radius 3 is 2.76 bits per heavy atom. The molecule has 1 fully saturated rings. The third-order valence-corrected chi connectivity index (χ3v) is 3.48. The third-order valence-electron chi connectivity index (χ3n) is 3.48. The number of aliphatic carboxylic acids is 1. The number of carbonyl (C=O) groups excluding carboxylic acids is 1. The first-order valence-corrected chi connectivity index (χ1v) is 5.01. The molecule has 6 heteroatoms. The maximum absolute atomic E-state index is 13.4. The zero-order chi connectivity index (χ0) is 12.4. The lowest BCUT2D eigenvalue weighted by molar-refractivity contribution is -0.140. The van der Waals surface area contributed by atoms with Crippen LogP contribution in [0.5, 0.6) is 0 Å². The Bertz CT molecular complexity index is 572. The van der Waals surface area contributed by atoms with Gasteiger partial charge in [-0.25, -0.2) is 8.78 Å². The van der Waals surface area contributed by atoms with E-state index in [0.29, 0.717) is 0 Å². The largest absolute Gasteiger partial charge is 0.481 e. The van der Waals surface area contributed by atoms with Crippen LogP contribution >= 0.6 is 0 Å². The van der Waals surface area contributed by atoms with Crippen molar-refractivity contribution in [3.8, 4) is 0 Å². The van der Waals surface area contributed by atoms with Crippen LogP contribution in [0.2, 0.25) is 0 Å². The monoisotopic (exact) mass is 239 g/mol. The molecule has 1 aromatic carbocycles. The first-order chi connectivity index (χ1) is 7.98. The number of hydrogen-bond donors (Lipinski definition) is 2. The second kappa shape index (κ2) is 2.82. The minimum absolute atomic E-state index is 0.131. The summed E-state index contributed by atoms with van der Waals surface area (Å²) in [6, 6.07) is 2.18. The molecule has 1 spiro atoms. The summed E-state index contributed by atoms with van der Waals surface area (Å²) in [6.07, 6.45) is 0.131. The van der Waals surface area contributed by atoms with E-state index in [1.807, 2.05) is 0 Å². The molecule has 17 heavy (non-hydrogen) atoms. The van der Waals surface area contributed by atoms with Crippen LogP contribution in [0.15, 0.2) is 12.1 Å². The summed E-state index contributed by atoms with van der Waals surface area (Å²) in [5.74, 6) is -4.71. The number of anilines is 1. The Morgan fingerprint density at radius 2 is 2.18 bits per heavy atom. The van der Waals surface area contributed by atoms with Gasteiger partial charge in [-0.15, -0.1) is 0 Å². The normalized spacial score (nSPS) is 29.1. The van der Waals surface area contributed by atoms with E-state index < -0.39 is 34.8 Å². The van der Waals surface area contributed by atoms with E-state index in [2.05, 4.69) is 5.32 Å². The molecule has 1 amide bonds. The van der Waals surface area contributed by atoms with E-state index in [0.717, 1.165) is 6.07 Å². The molecule has 2 unspecified atom stereocenters. The molecular weight excluding hydrogens is 232 g/mol. The lowest BCUT2D eigenvalue weighted by atomic mass is 9.94. The van der Waals surface area contributed by atoms with Gasteiger partial charge in [0.15, 0.2) is 11.6 Å². The first kappa shape index (κ1) is 10.2. The summed E-state index contributed by atoms with van der Waals surface area (Å²) in [6.45, 7) is 0. The van der Waals surface area contributed by atoms with Crippen molar-refractivity contribution >= 4 is 17.6 Å². The van der Waals surface area contributed by atoms with E-state index in [1.54, 1.807) is 0 Å². The highest BCUT2D eigenvalue weighted by atomic mass is 19.2. The van der Waals surface area contributed by atoms with Crippen molar-refractivity contribution < 1.29 is 23.5 Å². The standard InChI is InChI=1S/C11H7F2NO3/c12-6-2-1-4-8(7(6)13)14-10(17)11(4)3-5(11)9(15)16/h1-2,5H,3H2,(H,14,17)(H,15,16). The van der Waals surface area contributed by atoms with E-state index in [4.69, 9.17) is 5.11 Å². The fourth-order valence-corrected chi connectivity index (χ4v) is 2.50. The Labute approximate surface area is 94.2 Å². The van der Waals surface area contributed by atoms with Crippen molar-refractivity contribution in [3.63, 3.8) is 0 Å². The molecule has 0 radical (unpaired) electrons. The summed E-state index contributed by atoms with van der Waals surface area (Å²) in [7, 11) is 0. The molecule has 2 aliphatic rings. The van der Waals surface area contributed by atoms with Crippen molar-refractivity contribution in [1.29, 1.82) is 0 Å². The van der Waals surface area contributed by atoms with Crippen LogP contribution in [0, 0.1) is 17.6 Å². The Morgan fingerprint density at radius 1 is 1.47 bits per heavy atom. The SMILES string of the molecule is O=C(O)C1CC12C(=O)Nc1c2ccc(F)c1F. The van der Waals surface area contributed by atoms with Gasteiger partial charge in [0.2, 0.25) is 5.91 Å². The molecule has 2 atom stereocenters. The zero-order valence-electron chi connectivity index (χ0n) is 8.46. The quantitative estimate of drug-likeness (QED) is 0.775. The molecule has 1 aliphatic heterocycles. The molecule has 1 heterocycles. The molecule has 1 aliphatic carbocycles. The predicted octanol–water partition coefficient (Wildman–Crippen LogP) is 1.26. The van der Waals surface area contributed by atoms with Crippen LogP contribution in [0.1, 0.15) is 12.0 Å². The molecule has 0 bridgehead atoms. The zero-order valence-corrected chi connectivity index (χ0v) is 8.46. The molecular formula is C11H7F2NO3. The van der Waals surface area contributed by atoms with Crippen molar-refractivity contribution in [3.05, 3.63) is 29.3 Å². The first-order valence-electron chi connectivity index (χ1n) is 5.01. The van der Waals surface area contributed by atoms with Gasteiger partial charge in [-0.1, -0.05) is 6.07 Å². The van der Waals surface area contributed by atoms with Gasteiger partial charge in [0, 0.05) is 0 Å². The highest BCUT2D eigenvalue weighted by Crippen LogP contribution is 2.60. The molecule has 4 nitrogen and oxygen atoms in total. The smallest absolute Gasteiger partial charge is 0.307 e. The highest BCUT2D eigenvalue weighted by molar-refractivity contribution is 6.12. The second-order valence-electron chi connectivity index (χ2n) is 4.30. The number of carboxylic acid groups (broad SMARTS) is 1. The van der Waals surface area contributed by atoms with Gasteiger partial charge in [-0.3, -0.25) is 9.59 Å². The van der Waals surface area contributed by atoms with Gasteiger partial charge < -0.3 is 10.4 Å². The molecule has 0 aromatic heterocycles. The second-order valence-corrected chi connectivity index (χ2v) is 4.30. The van der Waals surface area contributed by atoms with Crippen molar-refractivity contribution in [1.82, 2.24) is 0 Å². The highest BCUT2D eigenvalue weighted by Gasteiger charge is 2.68. The Balaban J connectivity index is 2.17. The van der Waals surface area contributed by atoms with Gasteiger partial charge in [0.05, 0.1) is 17.0 Å². The number of fused-ring (bicyclic) bond motifs is 2. The summed E-state index contributed by atoms with van der Waals surface area (Å²) in [5, 5.41) is 11.1.